The van der Waals surface area contributed by atoms with Crippen molar-refractivity contribution in [2.45, 2.75) is 43.9 Å². The van der Waals surface area contributed by atoms with Crippen molar-refractivity contribution in [3.63, 3.8) is 0 Å². The topological polar surface area (TPSA) is 98.1 Å². The maximum Gasteiger partial charge on any atom is 0.177 e. The van der Waals surface area contributed by atoms with Crippen LogP contribution in [0.3, 0.4) is 0 Å². The van der Waals surface area contributed by atoms with Gasteiger partial charge in [0.05, 0.1) is 16.3 Å². The van der Waals surface area contributed by atoms with Crippen molar-refractivity contribution in [1.29, 1.82) is 0 Å². The number of hydrogen-bond acceptors (Lipinski definition) is 7. The van der Waals surface area contributed by atoms with Gasteiger partial charge in [0.1, 0.15) is 23.4 Å². The minimum absolute atomic E-state index is 0.123. The zero-order valence-electron chi connectivity index (χ0n) is 19.9. The van der Waals surface area contributed by atoms with E-state index in [4.69, 9.17) is 14.7 Å². The van der Waals surface area contributed by atoms with Gasteiger partial charge in [-0.15, -0.1) is 0 Å². The predicted octanol–water partition coefficient (Wildman–Crippen LogP) is 5.20. The Kier molecular flexibility index (Phi) is 6.44. The number of pyridine rings is 1. The summed E-state index contributed by atoms with van der Waals surface area (Å²) in [6.07, 6.45) is 4.12. The van der Waals surface area contributed by atoms with E-state index in [-0.39, 0.29) is 11.1 Å². The first-order chi connectivity index (χ1) is 16.9. The van der Waals surface area contributed by atoms with Crippen LogP contribution in [0.15, 0.2) is 65.6 Å². The minimum Gasteiger partial charge on any atom is -0.366 e. The van der Waals surface area contributed by atoms with Gasteiger partial charge in [0.15, 0.2) is 15.5 Å². The molecule has 1 aliphatic heterocycles. The van der Waals surface area contributed by atoms with Gasteiger partial charge in [-0.2, -0.15) is 0 Å². The lowest BCUT2D eigenvalue weighted by Gasteiger charge is -2.25. The molecule has 35 heavy (non-hydrogen) atoms. The average molecular weight is 492 g/mol. The van der Waals surface area contributed by atoms with Gasteiger partial charge in [-0.3, -0.25) is 4.57 Å². The van der Waals surface area contributed by atoms with Gasteiger partial charge in [0.2, 0.25) is 0 Å². The van der Waals surface area contributed by atoms with Gasteiger partial charge in [-0.25, -0.2) is 18.4 Å². The number of anilines is 3. The summed E-state index contributed by atoms with van der Waals surface area (Å²) in [4.78, 5) is 9.96. The standard InChI is InChI=1S/C26H29N5O3S/c1-18-28-25-21(29-20-12-6-7-13-22(20)35(2,32)33)16-23(27-17-19-10-4-3-5-11-19)30-26(25)31(18)24-14-8-9-15-34-24/h3-7,10-13,16,24H,8-9,14-15,17H2,1-2H3,(H2,27,29,30). The SMILES string of the molecule is Cc1nc2c(Nc3ccccc3S(C)(=O)=O)cc(NCc3ccccc3)nc2n1C1CCCCO1. The Morgan fingerprint density at radius 1 is 1.03 bits per heavy atom. The van der Waals surface area contributed by atoms with Crippen LogP contribution in [0.1, 0.15) is 36.9 Å². The summed E-state index contributed by atoms with van der Waals surface area (Å²) >= 11 is 0. The highest BCUT2D eigenvalue weighted by Gasteiger charge is 2.24. The first-order valence-corrected chi connectivity index (χ1v) is 13.6. The molecule has 2 aromatic heterocycles. The monoisotopic (exact) mass is 491 g/mol. The first kappa shape index (κ1) is 23.3. The Morgan fingerprint density at radius 2 is 1.80 bits per heavy atom. The predicted molar refractivity (Wildman–Crippen MR) is 138 cm³/mol. The van der Waals surface area contributed by atoms with Crippen LogP contribution in [-0.2, 0) is 21.1 Å². The fourth-order valence-electron chi connectivity index (χ4n) is 4.46. The normalized spacial score (nSPS) is 16.3. The number of para-hydroxylation sites is 1. The second kappa shape index (κ2) is 9.67. The van der Waals surface area contributed by atoms with Crippen molar-refractivity contribution in [2.24, 2.45) is 0 Å². The summed E-state index contributed by atoms with van der Waals surface area (Å²) in [7, 11) is -3.42. The molecule has 1 unspecified atom stereocenters. The van der Waals surface area contributed by atoms with Crippen molar-refractivity contribution >= 4 is 38.2 Å². The molecule has 1 atom stereocenters. The Labute approximate surface area is 205 Å². The molecular weight excluding hydrogens is 462 g/mol. The number of aryl methyl sites for hydroxylation is 1. The zero-order valence-corrected chi connectivity index (χ0v) is 20.7. The van der Waals surface area contributed by atoms with E-state index in [2.05, 4.69) is 27.3 Å². The third kappa shape index (κ3) is 5.01. The third-order valence-corrected chi connectivity index (χ3v) is 7.30. The van der Waals surface area contributed by atoms with E-state index in [1.165, 1.54) is 6.26 Å². The highest BCUT2D eigenvalue weighted by Crippen LogP contribution is 2.34. The van der Waals surface area contributed by atoms with Crippen LogP contribution >= 0.6 is 0 Å². The van der Waals surface area contributed by atoms with Crippen molar-refractivity contribution in [1.82, 2.24) is 14.5 Å². The number of fused-ring (bicyclic) bond motifs is 1. The highest BCUT2D eigenvalue weighted by atomic mass is 32.2. The fourth-order valence-corrected chi connectivity index (χ4v) is 5.30. The Hall–Kier alpha value is -3.43. The van der Waals surface area contributed by atoms with Gasteiger partial charge in [-0.1, -0.05) is 42.5 Å². The van der Waals surface area contributed by atoms with E-state index in [0.29, 0.717) is 41.5 Å². The van der Waals surface area contributed by atoms with E-state index >= 15 is 0 Å². The van der Waals surface area contributed by atoms with Crippen LogP contribution in [0.4, 0.5) is 17.2 Å². The molecular formula is C26H29N5O3S. The molecule has 0 radical (unpaired) electrons. The van der Waals surface area contributed by atoms with Crippen LogP contribution in [0.25, 0.3) is 11.2 Å². The number of rotatable bonds is 7. The molecule has 8 nitrogen and oxygen atoms in total. The van der Waals surface area contributed by atoms with Crippen LogP contribution < -0.4 is 10.6 Å². The molecule has 0 bridgehead atoms. The number of benzene rings is 2. The van der Waals surface area contributed by atoms with Crippen molar-refractivity contribution < 1.29 is 13.2 Å². The summed E-state index contributed by atoms with van der Waals surface area (Å²) in [5.74, 6) is 1.47. The second-order valence-electron chi connectivity index (χ2n) is 8.81. The van der Waals surface area contributed by atoms with E-state index < -0.39 is 9.84 Å². The molecule has 182 valence electrons. The fraction of sp³-hybridized carbons (Fsp3) is 0.308. The quantitative estimate of drug-likeness (QED) is 0.367. The molecule has 4 aromatic rings. The summed E-state index contributed by atoms with van der Waals surface area (Å²) in [5.41, 5.74) is 3.68. The second-order valence-corrected chi connectivity index (χ2v) is 10.8. The molecule has 0 saturated carbocycles. The maximum absolute atomic E-state index is 12.4. The molecule has 1 aliphatic rings. The molecule has 3 heterocycles. The molecule has 0 amide bonds. The highest BCUT2D eigenvalue weighted by molar-refractivity contribution is 7.90. The van der Waals surface area contributed by atoms with E-state index in [0.717, 1.165) is 30.7 Å². The summed E-state index contributed by atoms with van der Waals surface area (Å²) in [6, 6.07) is 18.9. The number of imidazole rings is 1. The van der Waals surface area contributed by atoms with E-state index in [9.17, 15) is 8.42 Å². The number of nitrogens with zero attached hydrogens (tertiary/aromatic N) is 3. The van der Waals surface area contributed by atoms with Crippen LogP contribution in [0, 0.1) is 6.92 Å². The molecule has 9 heteroatoms. The molecule has 2 N–H and O–H groups in total. The molecule has 5 rings (SSSR count). The van der Waals surface area contributed by atoms with Crippen LogP contribution in [0.5, 0.6) is 0 Å². The maximum atomic E-state index is 12.4. The van der Waals surface area contributed by atoms with Gasteiger partial charge < -0.3 is 15.4 Å². The van der Waals surface area contributed by atoms with Crippen molar-refractivity contribution in [3.8, 4) is 0 Å². The molecule has 1 fully saturated rings. The minimum atomic E-state index is -3.42. The summed E-state index contributed by atoms with van der Waals surface area (Å²) in [6.45, 7) is 3.26. The lowest BCUT2D eigenvalue weighted by molar-refractivity contribution is -0.0308. The lowest BCUT2D eigenvalue weighted by Crippen LogP contribution is -2.19. The number of ether oxygens (including phenoxy) is 1. The Bertz CT molecular complexity index is 1440. The average Bonchev–Trinajstić information content (AvgIpc) is 3.19. The first-order valence-electron chi connectivity index (χ1n) is 11.8. The largest absolute Gasteiger partial charge is 0.366 e. The molecule has 2 aromatic carbocycles. The molecule has 1 saturated heterocycles. The van der Waals surface area contributed by atoms with Gasteiger partial charge in [0, 0.05) is 25.5 Å². The number of aromatic nitrogens is 3. The van der Waals surface area contributed by atoms with Crippen LogP contribution in [0.2, 0.25) is 0 Å². The van der Waals surface area contributed by atoms with E-state index in [1.807, 2.05) is 37.3 Å². The van der Waals surface area contributed by atoms with Crippen molar-refractivity contribution in [3.05, 3.63) is 72.1 Å². The smallest absolute Gasteiger partial charge is 0.177 e. The van der Waals surface area contributed by atoms with Gasteiger partial charge in [-0.05, 0) is 43.9 Å². The number of nitrogens with one attached hydrogen (secondary N) is 2. The molecule has 0 spiro atoms. The lowest BCUT2D eigenvalue weighted by atomic mass is 10.2. The van der Waals surface area contributed by atoms with Gasteiger partial charge in [0.25, 0.3) is 0 Å². The molecule has 0 aliphatic carbocycles. The summed E-state index contributed by atoms with van der Waals surface area (Å²) < 4.78 is 32.9. The van der Waals surface area contributed by atoms with Crippen molar-refractivity contribution in [2.75, 3.05) is 23.5 Å². The van der Waals surface area contributed by atoms with E-state index in [1.54, 1.807) is 18.2 Å². The van der Waals surface area contributed by atoms with Gasteiger partial charge >= 0.3 is 0 Å². The zero-order chi connectivity index (χ0) is 24.4. The number of hydrogen-bond donors (Lipinski definition) is 2. The Balaban J connectivity index is 1.60. The Morgan fingerprint density at radius 3 is 2.54 bits per heavy atom. The number of sulfone groups is 1. The van der Waals surface area contributed by atoms with Crippen LogP contribution in [-0.4, -0.2) is 35.8 Å². The summed E-state index contributed by atoms with van der Waals surface area (Å²) in [5, 5.41) is 6.74. The third-order valence-electron chi connectivity index (χ3n) is 6.14.